The molecule has 64 valence electrons. The molecule has 1 rings (SSSR count). The molecule has 0 atom stereocenters. The highest BCUT2D eigenvalue weighted by Gasteiger charge is 1.85. The fraction of sp³-hybridized carbons (Fsp3) is 0.125. The number of halogens is 1. The Labute approximate surface area is 79.8 Å². The van der Waals surface area contributed by atoms with Crippen LogP contribution in [0.2, 0.25) is 0 Å². The van der Waals surface area contributed by atoms with Gasteiger partial charge in [0.05, 0.1) is 0 Å². The number of rotatable bonds is 1. The standard InChI is InChI=1S/C8H9BrN3/c1-11-8(10)12-7-4-2-3-6(9)5-7/h2-5H,1H3,(H2-,10,11,12)/q-1. The Morgan fingerprint density at radius 2 is 2.33 bits per heavy atom. The molecule has 0 aliphatic rings. The van der Waals surface area contributed by atoms with Gasteiger partial charge in [-0.2, -0.15) is 0 Å². The lowest BCUT2D eigenvalue weighted by molar-refractivity contribution is 1.45. The third kappa shape index (κ3) is 2.54. The number of guanidine groups is 1. The van der Waals surface area contributed by atoms with Gasteiger partial charge < -0.3 is 16.0 Å². The van der Waals surface area contributed by atoms with E-state index in [4.69, 9.17) is 5.73 Å². The summed E-state index contributed by atoms with van der Waals surface area (Å²) in [5, 5.41) is 3.73. The Hall–Kier alpha value is -1.03. The first-order valence-electron chi connectivity index (χ1n) is 3.42. The Kier molecular flexibility index (Phi) is 3.10. The highest BCUT2D eigenvalue weighted by molar-refractivity contribution is 9.10. The Morgan fingerprint density at radius 3 is 2.92 bits per heavy atom. The molecule has 0 heterocycles. The highest BCUT2D eigenvalue weighted by atomic mass is 79.9. The quantitative estimate of drug-likeness (QED) is 0.581. The molecule has 3 nitrogen and oxygen atoms in total. The van der Waals surface area contributed by atoms with Gasteiger partial charge in [0.1, 0.15) is 0 Å². The van der Waals surface area contributed by atoms with E-state index in [1.54, 1.807) is 7.05 Å². The van der Waals surface area contributed by atoms with E-state index in [2.05, 4.69) is 26.2 Å². The van der Waals surface area contributed by atoms with Crippen LogP contribution in [-0.4, -0.2) is 13.0 Å². The summed E-state index contributed by atoms with van der Waals surface area (Å²) in [5.41, 5.74) is 6.22. The summed E-state index contributed by atoms with van der Waals surface area (Å²) >= 11 is 3.33. The largest absolute Gasteiger partial charge is 0.454 e. The second kappa shape index (κ2) is 4.11. The van der Waals surface area contributed by atoms with Crippen LogP contribution in [0.5, 0.6) is 0 Å². The van der Waals surface area contributed by atoms with Gasteiger partial charge in [0.2, 0.25) is 0 Å². The van der Waals surface area contributed by atoms with Crippen molar-refractivity contribution in [2.45, 2.75) is 0 Å². The summed E-state index contributed by atoms with van der Waals surface area (Å²) in [7, 11) is 1.61. The van der Waals surface area contributed by atoms with Crippen LogP contribution >= 0.6 is 15.9 Å². The van der Waals surface area contributed by atoms with Crippen molar-refractivity contribution in [2.24, 2.45) is 10.7 Å². The monoisotopic (exact) mass is 226 g/mol. The minimum absolute atomic E-state index is 0.285. The summed E-state index contributed by atoms with van der Waals surface area (Å²) in [4.78, 5) is 4.04. The van der Waals surface area contributed by atoms with Crippen LogP contribution in [0, 0.1) is 0 Å². The minimum Gasteiger partial charge on any atom is -0.454 e. The minimum atomic E-state index is 0.285. The Morgan fingerprint density at radius 1 is 1.58 bits per heavy atom. The molecule has 0 unspecified atom stereocenters. The number of hydrogen-bond acceptors (Lipinski definition) is 1. The topological polar surface area (TPSA) is 52.5 Å². The van der Waals surface area contributed by atoms with Gasteiger partial charge in [0, 0.05) is 10.4 Å². The van der Waals surface area contributed by atoms with Crippen molar-refractivity contribution >= 4 is 27.6 Å². The van der Waals surface area contributed by atoms with E-state index in [1.807, 2.05) is 24.3 Å². The van der Waals surface area contributed by atoms with E-state index in [-0.39, 0.29) is 5.96 Å². The maximum Gasteiger partial charge on any atom is 0.0183 e. The summed E-state index contributed by atoms with van der Waals surface area (Å²) < 4.78 is 0.979. The summed E-state index contributed by atoms with van der Waals surface area (Å²) in [6.07, 6.45) is 0. The molecular formula is C8H9BrN3-. The van der Waals surface area contributed by atoms with Crippen molar-refractivity contribution in [1.82, 2.24) is 0 Å². The molecule has 0 fully saturated rings. The van der Waals surface area contributed by atoms with E-state index in [0.717, 1.165) is 10.2 Å². The first-order valence-corrected chi connectivity index (χ1v) is 4.21. The molecule has 0 aliphatic carbocycles. The second-order valence-electron chi connectivity index (χ2n) is 2.17. The molecule has 0 aliphatic heterocycles. The molecule has 0 aromatic heterocycles. The van der Waals surface area contributed by atoms with Gasteiger partial charge in [-0.1, -0.05) is 28.1 Å². The van der Waals surface area contributed by atoms with Crippen molar-refractivity contribution in [3.8, 4) is 0 Å². The Balaban J connectivity index is 2.89. The summed E-state index contributed by atoms with van der Waals surface area (Å²) in [6.45, 7) is 0. The van der Waals surface area contributed by atoms with Crippen LogP contribution in [0.3, 0.4) is 0 Å². The van der Waals surface area contributed by atoms with Gasteiger partial charge in [0.15, 0.2) is 0 Å². The maximum atomic E-state index is 5.42. The van der Waals surface area contributed by atoms with Crippen LogP contribution < -0.4 is 5.73 Å². The van der Waals surface area contributed by atoms with Crippen LogP contribution in [0.4, 0.5) is 5.69 Å². The maximum absolute atomic E-state index is 5.42. The fourth-order valence-electron chi connectivity index (χ4n) is 0.728. The average molecular weight is 227 g/mol. The van der Waals surface area contributed by atoms with Crippen LogP contribution in [0.1, 0.15) is 0 Å². The van der Waals surface area contributed by atoms with Crippen LogP contribution in [-0.2, 0) is 0 Å². The highest BCUT2D eigenvalue weighted by Crippen LogP contribution is 2.18. The number of nitrogens with zero attached hydrogens (tertiary/aromatic N) is 2. The molecule has 0 radical (unpaired) electrons. The van der Waals surface area contributed by atoms with E-state index in [0.29, 0.717) is 0 Å². The first kappa shape index (κ1) is 9.06. The molecular weight excluding hydrogens is 218 g/mol. The van der Waals surface area contributed by atoms with Crippen molar-refractivity contribution < 1.29 is 0 Å². The van der Waals surface area contributed by atoms with Crippen molar-refractivity contribution in [2.75, 3.05) is 7.05 Å². The van der Waals surface area contributed by atoms with E-state index in [9.17, 15) is 0 Å². The van der Waals surface area contributed by atoms with Crippen LogP contribution in [0.25, 0.3) is 5.32 Å². The second-order valence-corrected chi connectivity index (χ2v) is 3.09. The van der Waals surface area contributed by atoms with E-state index in [1.165, 1.54) is 0 Å². The summed E-state index contributed by atoms with van der Waals surface area (Å²) in [6, 6.07) is 7.56. The lowest BCUT2D eigenvalue weighted by Gasteiger charge is -2.07. The Bertz CT molecular complexity index is 296. The normalized spacial score (nSPS) is 11.3. The predicted molar refractivity (Wildman–Crippen MR) is 54.7 cm³/mol. The molecule has 4 heteroatoms. The molecule has 0 spiro atoms. The van der Waals surface area contributed by atoms with E-state index >= 15 is 0 Å². The lowest BCUT2D eigenvalue weighted by atomic mass is 10.3. The third-order valence-electron chi connectivity index (χ3n) is 1.28. The van der Waals surface area contributed by atoms with Gasteiger partial charge in [0.25, 0.3) is 0 Å². The van der Waals surface area contributed by atoms with Gasteiger partial charge in [-0.15, -0.1) is 0 Å². The van der Waals surface area contributed by atoms with Gasteiger partial charge in [-0.3, -0.25) is 0 Å². The van der Waals surface area contributed by atoms with Gasteiger partial charge in [-0.25, -0.2) is 0 Å². The SMILES string of the molecule is C[N-]C(N)=Nc1cccc(Br)c1. The molecule has 1 aromatic rings. The molecule has 0 amide bonds. The third-order valence-corrected chi connectivity index (χ3v) is 1.77. The zero-order valence-electron chi connectivity index (χ0n) is 6.66. The van der Waals surface area contributed by atoms with Crippen molar-refractivity contribution in [3.05, 3.63) is 34.1 Å². The zero-order chi connectivity index (χ0) is 8.97. The molecule has 0 saturated heterocycles. The first-order chi connectivity index (χ1) is 5.72. The smallest absolute Gasteiger partial charge is 0.0183 e. The molecule has 0 saturated carbocycles. The summed E-state index contributed by atoms with van der Waals surface area (Å²) in [5.74, 6) is 0.285. The molecule has 12 heavy (non-hydrogen) atoms. The average Bonchev–Trinajstić information content (AvgIpc) is 2.04. The number of aliphatic imine (C=N–C) groups is 1. The number of hydrogen-bond donors (Lipinski definition) is 1. The van der Waals surface area contributed by atoms with Crippen molar-refractivity contribution in [3.63, 3.8) is 0 Å². The lowest BCUT2D eigenvalue weighted by Crippen LogP contribution is -2.07. The fourth-order valence-corrected chi connectivity index (χ4v) is 1.12. The van der Waals surface area contributed by atoms with Gasteiger partial charge in [-0.05, 0) is 24.9 Å². The predicted octanol–water partition coefficient (Wildman–Crippen LogP) is 2.40. The van der Waals surface area contributed by atoms with Crippen LogP contribution in [0.15, 0.2) is 33.7 Å². The molecule has 2 N–H and O–H groups in total. The van der Waals surface area contributed by atoms with Gasteiger partial charge >= 0.3 is 0 Å². The zero-order valence-corrected chi connectivity index (χ0v) is 8.25. The van der Waals surface area contributed by atoms with Crippen molar-refractivity contribution in [1.29, 1.82) is 0 Å². The number of nitrogens with two attached hydrogens (primary N) is 1. The number of benzene rings is 1. The molecule has 0 bridgehead atoms. The molecule has 1 aromatic carbocycles. The van der Waals surface area contributed by atoms with E-state index < -0.39 is 0 Å².